The third-order valence-electron chi connectivity index (χ3n) is 3.76. The molecule has 0 radical (unpaired) electrons. The van der Waals surface area contributed by atoms with Gasteiger partial charge in [0.25, 0.3) is 0 Å². The van der Waals surface area contributed by atoms with E-state index in [1.165, 1.54) is 0 Å². The second-order valence-corrected chi connectivity index (χ2v) is 8.46. The van der Waals surface area contributed by atoms with Gasteiger partial charge in [-0.15, -0.1) is 0 Å². The van der Waals surface area contributed by atoms with Gasteiger partial charge < -0.3 is 4.79 Å². The molecule has 1 aliphatic rings. The Morgan fingerprint density at radius 2 is 1.68 bits per heavy atom. The summed E-state index contributed by atoms with van der Waals surface area (Å²) in [5.41, 5.74) is -2.15. The van der Waals surface area contributed by atoms with Crippen LogP contribution in [-0.2, 0) is 20.2 Å². The van der Waals surface area contributed by atoms with Gasteiger partial charge in [0.2, 0.25) is 0 Å². The van der Waals surface area contributed by atoms with Crippen LogP contribution in [0.2, 0.25) is 0 Å². The van der Waals surface area contributed by atoms with Gasteiger partial charge in [0.15, 0.2) is 4.75 Å². The Morgan fingerprint density at radius 1 is 1.21 bits per heavy atom. The van der Waals surface area contributed by atoms with Crippen LogP contribution in [0.1, 0.15) is 46.5 Å². The summed E-state index contributed by atoms with van der Waals surface area (Å²) in [6.45, 7) is 6.14. The first-order chi connectivity index (χ1) is 8.52. The van der Waals surface area contributed by atoms with Gasteiger partial charge in [-0.3, -0.25) is 0 Å². The van der Waals surface area contributed by atoms with Crippen LogP contribution >= 0.6 is 0 Å². The molecule has 6 heteroatoms. The maximum atomic E-state index is 12.9. The summed E-state index contributed by atoms with van der Waals surface area (Å²) in [5.74, 6) is 0. The molecule has 0 aromatic rings. The van der Waals surface area contributed by atoms with Crippen molar-refractivity contribution in [1.29, 1.82) is 0 Å². The molecule has 1 aliphatic carbocycles. The molecule has 0 saturated heterocycles. The summed E-state index contributed by atoms with van der Waals surface area (Å²) < 4.78 is 44.6. The lowest BCUT2D eigenvalue weighted by Crippen LogP contribution is -2.45. The molecule has 2 nitrogen and oxygen atoms in total. The van der Waals surface area contributed by atoms with E-state index in [1.807, 2.05) is 27.0 Å². The van der Waals surface area contributed by atoms with E-state index in [1.54, 1.807) is 0 Å². The zero-order valence-electron chi connectivity index (χ0n) is 11.8. The van der Waals surface area contributed by atoms with E-state index in [4.69, 9.17) is 4.18 Å². The highest BCUT2D eigenvalue weighted by Crippen LogP contribution is 2.48. The Balaban J connectivity index is 2.60. The number of halogens is 3. The fourth-order valence-electron chi connectivity index (χ4n) is 2.02. The average molecular weight is 299 g/mol. The molecule has 0 aliphatic heterocycles. The normalized spacial score (nSPS) is 31.0. The van der Waals surface area contributed by atoms with Crippen molar-refractivity contribution in [2.24, 2.45) is 5.41 Å². The molecule has 0 aromatic carbocycles. The molecule has 0 heterocycles. The summed E-state index contributed by atoms with van der Waals surface area (Å²) in [4.78, 5) is 10.9. The van der Waals surface area contributed by atoms with Crippen LogP contribution in [0.3, 0.4) is 0 Å². The van der Waals surface area contributed by atoms with Crippen molar-refractivity contribution in [3.05, 3.63) is 0 Å². The number of aldehydes is 1. The van der Waals surface area contributed by atoms with Crippen LogP contribution in [0, 0.1) is 5.41 Å². The number of carbonyl (C=O) groups excluding carboxylic acids is 1. The van der Waals surface area contributed by atoms with Crippen molar-refractivity contribution in [2.75, 3.05) is 6.26 Å². The quantitative estimate of drug-likeness (QED) is 0.587. The average Bonchev–Trinajstić information content (AvgIpc) is 2.27. The first kappa shape index (κ1) is 16.8. The number of rotatable bonds is 3. The molecule has 0 N–H and O–H groups in total. The minimum atomic E-state index is -4.45. The van der Waals surface area contributed by atoms with Gasteiger partial charge in [-0.05, 0) is 46.5 Å². The molecule has 1 unspecified atom stereocenters. The zero-order valence-corrected chi connectivity index (χ0v) is 12.7. The second-order valence-electron chi connectivity index (χ2n) is 6.13. The van der Waals surface area contributed by atoms with Crippen molar-refractivity contribution < 1.29 is 22.1 Å². The minimum absolute atomic E-state index is 0.0107. The summed E-state index contributed by atoms with van der Waals surface area (Å²) in [7, 11) is 0. The summed E-state index contributed by atoms with van der Waals surface area (Å²) in [6, 6.07) is 0. The first-order valence-electron chi connectivity index (χ1n) is 6.38. The Kier molecular flexibility index (Phi) is 4.99. The van der Waals surface area contributed by atoms with E-state index < -0.39 is 11.6 Å². The van der Waals surface area contributed by atoms with Crippen LogP contribution in [0.15, 0.2) is 0 Å². The largest absolute Gasteiger partial charge is 0.401 e. The fourth-order valence-corrected chi connectivity index (χ4v) is 2.91. The Hall–Kier alpha value is -0.230. The standard InChI is InChI=1S/C13H22F3O2S/c1-11(2,3)19(4)18-10-5-7-12(9-17,8-6-10)13(14,15)16/h9-10H,5-8H2,1-4H3/q+1. The predicted molar refractivity (Wildman–Crippen MR) is 70.9 cm³/mol. The van der Waals surface area contributed by atoms with Crippen LogP contribution < -0.4 is 0 Å². The topological polar surface area (TPSA) is 26.3 Å². The third kappa shape index (κ3) is 3.88. The SMILES string of the molecule is C[S+](OC1CCC(C=O)(C(F)(F)F)CC1)C(C)(C)C. The van der Waals surface area contributed by atoms with Gasteiger partial charge in [0, 0.05) is 0 Å². The Bertz CT molecular complexity index is 315. The van der Waals surface area contributed by atoms with E-state index >= 15 is 0 Å². The van der Waals surface area contributed by atoms with Crippen molar-refractivity contribution in [3.63, 3.8) is 0 Å². The smallest absolute Gasteiger partial charge is 0.302 e. The van der Waals surface area contributed by atoms with Gasteiger partial charge in [-0.2, -0.15) is 17.4 Å². The van der Waals surface area contributed by atoms with Gasteiger partial charge in [0.1, 0.15) is 35.2 Å². The molecule has 112 valence electrons. The zero-order chi connectivity index (χ0) is 14.9. The van der Waals surface area contributed by atoms with E-state index in [-0.39, 0.29) is 41.2 Å². The van der Waals surface area contributed by atoms with E-state index in [9.17, 15) is 18.0 Å². The van der Waals surface area contributed by atoms with Crippen molar-refractivity contribution in [1.82, 2.24) is 0 Å². The molecule has 19 heavy (non-hydrogen) atoms. The number of carbonyl (C=O) groups is 1. The van der Waals surface area contributed by atoms with Gasteiger partial charge in [-0.1, -0.05) is 0 Å². The molecule has 0 amide bonds. The van der Waals surface area contributed by atoms with Crippen LogP contribution in [0.25, 0.3) is 0 Å². The maximum absolute atomic E-state index is 12.9. The van der Waals surface area contributed by atoms with E-state index in [2.05, 4.69) is 0 Å². The summed E-state index contributed by atoms with van der Waals surface area (Å²) >= 11 is -0.302. The highest BCUT2D eigenvalue weighted by molar-refractivity contribution is 7.93. The highest BCUT2D eigenvalue weighted by Gasteiger charge is 2.56. The van der Waals surface area contributed by atoms with E-state index in [0.29, 0.717) is 12.8 Å². The van der Waals surface area contributed by atoms with Crippen molar-refractivity contribution in [3.8, 4) is 0 Å². The predicted octanol–water partition coefficient (Wildman–Crippen LogP) is 3.65. The second kappa shape index (κ2) is 5.64. The summed E-state index contributed by atoms with van der Waals surface area (Å²) in [5, 5.41) is 0. The van der Waals surface area contributed by atoms with Crippen LogP contribution in [0.5, 0.6) is 0 Å². The molecule has 0 spiro atoms. The Labute approximate surface area is 115 Å². The third-order valence-corrected chi connectivity index (χ3v) is 6.04. The van der Waals surface area contributed by atoms with Crippen LogP contribution in [0.4, 0.5) is 13.2 Å². The monoisotopic (exact) mass is 299 g/mol. The molecule has 1 rings (SSSR count). The molecular weight excluding hydrogens is 277 g/mol. The summed E-state index contributed by atoms with van der Waals surface area (Å²) in [6.07, 6.45) is -2.29. The lowest BCUT2D eigenvalue weighted by molar-refractivity contribution is -0.225. The number of hydrogen-bond acceptors (Lipinski definition) is 2. The molecule has 0 bridgehead atoms. The molecular formula is C13H22F3O2S+. The van der Waals surface area contributed by atoms with Gasteiger partial charge in [0.05, 0.1) is 0 Å². The van der Waals surface area contributed by atoms with E-state index in [0.717, 1.165) is 0 Å². The number of alkyl halides is 3. The molecule has 1 atom stereocenters. The van der Waals surface area contributed by atoms with Gasteiger partial charge in [-0.25, -0.2) is 0 Å². The highest BCUT2D eigenvalue weighted by atomic mass is 32.2. The molecule has 1 fully saturated rings. The molecule has 1 saturated carbocycles. The first-order valence-corrected chi connectivity index (χ1v) is 7.94. The lowest BCUT2D eigenvalue weighted by atomic mass is 9.74. The fraction of sp³-hybridized carbons (Fsp3) is 0.923. The maximum Gasteiger partial charge on any atom is 0.401 e. The number of hydrogen-bond donors (Lipinski definition) is 0. The van der Waals surface area contributed by atoms with Crippen molar-refractivity contribution >= 4 is 17.5 Å². The molecule has 0 aromatic heterocycles. The lowest BCUT2D eigenvalue weighted by Gasteiger charge is -2.36. The van der Waals surface area contributed by atoms with Crippen molar-refractivity contribution in [2.45, 2.75) is 63.5 Å². The Morgan fingerprint density at radius 3 is 2.00 bits per heavy atom. The van der Waals surface area contributed by atoms with Crippen LogP contribution in [-0.4, -0.2) is 29.6 Å². The minimum Gasteiger partial charge on any atom is -0.302 e. The van der Waals surface area contributed by atoms with Gasteiger partial charge >= 0.3 is 6.18 Å².